The molecule has 4 heteroatoms. The molecule has 2 heterocycles. The summed E-state index contributed by atoms with van der Waals surface area (Å²) in [6.45, 7) is 0. The van der Waals surface area contributed by atoms with Crippen molar-refractivity contribution in [1.82, 2.24) is 9.38 Å². The highest BCUT2D eigenvalue weighted by molar-refractivity contribution is 6.30. The number of phenolic OH excluding ortho intramolecular Hbond substituents is 1. The van der Waals surface area contributed by atoms with E-state index in [-0.39, 0.29) is 0 Å². The molecule has 0 aliphatic rings. The van der Waals surface area contributed by atoms with Gasteiger partial charge in [0.1, 0.15) is 11.4 Å². The minimum Gasteiger partial charge on any atom is -0.508 e. The third kappa shape index (κ3) is 2.05. The molecule has 0 radical (unpaired) electrons. The van der Waals surface area contributed by atoms with Gasteiger partial charge in [-0.3, -0.25) is 0 Å². The smallest absolute Gasteiger partial charge is 0.137 e. The van der Waals surface area contributed by atoms with Crippen molar-refractivity contribution >= 4 is 17.2 Å². The number of halogens is 1. The zero-order valence-corrected chi connectivity index (χ0v) is 10.3. The average Bonchev–Trinajstić information content (AvgIpc) is 2.73. The Kier molecular flexibility index (Phi) is 2.68. The van der Waals surface area contributed by atoms with Crippen molar-refractivity contribution in [2.45, 2.75) is 6.42 Å². The van der Waals surface area contributed by atoms with Gasteiger partial charge in [0.15, 0.2) is 0 Å². The summed E-state index contributed by atoms with van der Waals surface area (Å²) in [6, 6.07) is 11.0. The van der Waals surface area contributed by atoms with E-state index in [1.807, 2.05) is 47.1 Å². The second-order valence-corrected chi connectivity index (χ2v) is 4.59. The van der Waals surface area contributed by atoms with Gasteiger partial charge in [-0.25, -0.2) is 4.98 Å². The number of hydrogen-bond acceptors (Lipinski definition) is 2. The van der Waals surface area contributed by atoms with Crippen LogP contribution in [0, 0.1) is 0 Å². The quantitative estimate of drug-likeness (QED) is 0.766. The summed E-state index contributed by atoms with van der Waals surface area (Å²) >= 11 is 5.92. The highest BCUT2D eigenvalue weighted by Crippen LogP contribution is 2.20. The number of nitrogens with zero attached hydrogens (tertiary/aromatic N) is 2. The molecule has 0 spiro atoms. The molecule has 0 amide bonds. The van der Waals surface area contributed by atoms with E-state index >= 15 is 0 Å². The first-order valence-electron chi connectivity index (χ1n) is 5.62. The maximum Gasteiger partial charge on any atom is 0.137 e. The van der Waals surface area contributed by atoms with Crippen molar-refractivity contribution in [1.29, 1.82) is 0 Å². The number of fused-ring (bicyclic) bond motifs is 1. The summed E-state index contributed by atoms with van der Waals surface area (Å²) in [5, 5.41) is 10.4. The molecule has 3 nitrogen and oxygen atoms in total. The van der Waals surface area contributed by atoms with Crippen molar-refractivity contribution in [3.63, 3.8) is 0 Å². The number of aromatic nitrogens is 2. The van der Waals surface area contributed by atoms with Gasteiger partial charge in [0.25, 0.3) is 0 Å². The molecular formula is C14H11ClN2O. The number of benzene rings is 1. The van der Waals surface area contributed by atoms with Gasteiger partial charge in [-0.2, -0.15) is 0 Å². The number of para-hydroxylation sites is 1. The van der Waals surface area contributed by atoms with E-state index in [0.717, 1.165) is 16.9 Å². The molecule has 3 rings (SSSR count). The molecule has 90 valence electrons. The highest BCUT2D eigenvalue weighted by atomic mass is 35.5. The normalized spacial score (nSPS) is 10.9. The van der Waals surface area contributed by atoms with Crippen molar-refractivity contribution in [2.24, 2.45) is 0 Å². The molecule has 3 aromatic rings. The van der Waals surface area contributed by atoms with Crippen LogP contribution in [0.15, 0.2) is 48.8 Å². The molecule has 0 unspecified atom stereocenters. The molecular weight excluding hydrogens is 248 g/mol. The minimum absolute atomic E-state index is 0.299. The standard InChI is InChI=1S/C14H11ClN2O/c15-11-5-6-14-16-12(9-17(14)8-11)7-10-3-1-2-4-13(10)18/h1-6,8-9,18H,7H2. The largest absolute Gasteiger partial charge is 0.508 e. The predicted octanol–water partition coefficient (Wildman–Crippen LogP) is 3.28. The Morgan fingerprint density at radius 1 is 1.11 bits per heavy atom. The Morgan fingerprint density at radius 2 is 1.94 bits per heavy atom. The second-order valence-electron chi connectivity index (χ2n) is 4.15. The minimum atomic E-state index is 0.299. The maximum absolute atomic E-state index is 9.74. The lowest BCUT2D eigenvalue weighted by Crippen LogP contribution is -1.88. The first-order valence-corrected chi connectivity index (χ1v) is 6.00. The fourth-order valence-electron chi connectivity index (χ4n) is 1.96. The summed E-state index contributed by atoms with van der Waals surface area (Å²) < 4.78 is 1.89. The lowest BCUT2D eigenvalue weighted by atomic mass is 10.1. The zero-order valence-electron chi connectivity index (χ0n) is 9.55. The van der Waals surface area contributed by atoms with Crippen LogP contribution in [0.3, 0.4) is 0 Å². The average molecular weight is 259 g/mol. The van der Waals surface area contributed by atoms with E-state index in [1.165, 1.54) is 0 Å². The predicted molar refractivity (Wildman–Crippen MR) is 71.1 cm³/mol. The number of imidazole rings is 1. The molecule has 0 aliphatic carbocycles. The van der Waals surface area contributed by atoms with Crippen molar-refractivity contribution in [2.75, 3.05) is 0 Å². The van der Waals surface area contributed by atoms with Crippen LogP contribution in [0.25, 0.3) is 5.65 Å². The third-order valence-electron chi connectivity index (χ3n) is 2.83. The summed E-state index contributed by atoms with van der Waals surface area (Å²) in [4.78, 5) is 4.48. The van der Waals surface area contributed by atoms with Gasteiger partial charge in [-0.05, 0) is 23.8 Å². The van der Waals surface area contributed by atoms with Crippen molar-refractivity contribution in [3.8, 4) is 5.75 Å². The summed E-state index contributed by atoms with van der Waals surface area (Å²) in [6.07, 6.45) is 4.35. The highest BCUT2D eigenvalue weighted by Gasteiger charge is 2.06. The van der Waals surface area contributed by atoms with Gasteiger partial charge >= 0.3 is 0 Å². The van der Waals surface area contributed by atoms with E-state index in [9.17, 15) is 5.11 Å². The third-order valence-corrected chi connectivity index (χ3v) is 3.05. The van der Waals surface area contributed by atoms with Gasteiger partial charge in [0.2, 0.25) is 0 Å². The van der Waals surface area contributed by atoms with E-state index in [0.29, 0.717) is 17.2 Å². The molecule has 0 bridgehead atoms. The van der Waals surface area contributed by atoms with Crippen LogP contribution in [0.1, 0.15) is 11.3 Å². The molecule has 0 atom stereocenters. The van der Waals surface area contributed by atoms with Crippen LogP contribution < -0.4 is 0 Å². The number of pyridine rings is 1. The molecule has 18 heavy (non-hydrogen) atoms. The van der Waals surface area contributed by atoms with Crippen molar-refractivity contribution < 1.29 is 5.11 Å². The Hall–Kier alpha value is -2.00. The first-order chi connectivity index (χ1) is 8.72. The fraction of sp³-hybridized carbons (Fsp3) is 0.0714. The van der Waals surface area contributed by atoms with E-state index in [1.54, 1.807) is 6.07 Å². The first kappa shape index (κ1) is 11.1. The molecule has 1 aromatic carbocycles. The Bertz CT molecular complexity index is 706. The Balaban J connectivity index is 1.98. The molecule has 2 aromatic heterocycles. The summed E-state index contributed by atoms with van der Waals surface area (Å²) in [5.41, 5.74) is 2.62. The second kappa shape index (κ2) is 4.35. The van der Waals surface area contributed by atoms with Crippen LogP contribution in [0.4, 0.5) is 0 Å². The SMILES string of the molecule is Oc1ccccc1Cc1cn2cc(Cl)ccc2n1. The zero-order chi connectivity index (χ0) is 12.5. The van der Waals surface area contributed by atoms with Gasteiger partial charge in [0.05, 0.1) is 10.7 Å². The van der Waals surface area contributed by atoms with Gasteiger partial charge in [-0.15, -0.1) is 0 Å². The topological polar surface area (TPSA) is 37.5 Å². The van der Waals surface area contributed by atoms with Crippen LogP contribution in [-0.4, -0.2) is 14.5 Å². The molecule has 0 saturated heterocycles. The van der Waals surface area contributed by atoms with Crippen LogP contribution >= 0.6 is 11.6 Å². The number of phenols is 1. The van der Waals surface area contributed by atoms with Crippen LogP contribution in [0.5, 0.6) is 5.75 Å². The number of aromatic hydroxyl groups is 1. The monoisotopic (exact) mass is 258 g/mol. The van der Waals surface area contributed by atoms with Gasteiger partial charge < -0.3 is 9.51 Å². The summed E-state index contributed by atoms with van der Waals surface area (Å²) in [7, 11) is 0. The number of rotatable bonds is 2. The molecule has 0 fully saturated rings. The van der Waals surface area contributed by atoms with E-state index in [2.05, 4.69) is 4.98 Å². The fourth-order valence-corrected chi connectivity index (χ4v) is 2.13. The Labute approximate surface area is 109 Å². The van der Waals surface area contributed by atoms with Crippen LogP contribution in [0.2, 0.25) is 5.02 Å². The molecule has 0 saturated carbocycles. The lowest BCUT2D eigenvalue weighted by Gasteiger charge is -2.00. The Morgan fingerprint density at radius 3 is 2.78 bits per heavy atom. The van der Waals surface area contributed by atoms with Gasteiger partial charge in [0, 0.05) is 18.8 Å². The molecule has 1 N–H and O–H groups in total. The number of hydrogen-bond donors (Lipinski definition) is 1. The van der Waals surface area contributed by atoms with E-state index < -0.39 is 0 Å². The van der Waals surface area contributed by atoms with Crippen molar-refractivity contribution in [3.05, 3.63) is 65.1 Å². The molecule has 0 aliphatic heterocycles. The van der Waals surface area contributed by atoms with Gasteiger partial charge in [-0.1, -0.05) is 29.8 Å². The lowest BCUT2D eigenvalue weighted by molar-refractivity contribution is 0.469. The summed E-state index contributed by atoms with van der Waals surface area (Å²) in [5.74, 6) is 0.299. The maximum atomic E-state index is 9.74. The van der Waals surface area contributed by atoms with E-state index in [4.69, 9.17) is 11.6 Å². The van der Waals surface area contributed by atoms with Crippen LogP contribution in [-0.2, 0) is 6.42 Å².